The topological polar surface area (TPSA) is 93.4 Å². The maximum Gasteiger partial charge on any atom is 0.308 e. The Balaban J connectivity index is 2.24. The largest absolute Gasteiger partial charge is 0.506 e. The molecule has 0 atom stereocenters. The molecule has 0 radical (unpaired) electrons. The number of aliphatic hydroxyl groups is 1. The van der Waals surface area contributed by atoms with E-state index in [-0.39, 0.29) is 10.4 Å². The van der Waals surface area contributed by atoms with Gasteiger partial charge < -0.3 is 5.11 Å². The normalized spacial score (nSPS) is 18.1. The van der Waals surface area contributed by atoms with E-state index in [0.29, 0.717) is 23.2 Å². The lowest BCUT2D eigenvalue weighted by Crippen LogP contribution is -2.54. The predicted molar refractivity (Wildman–Crippen MR) is 122 cm³/mol. The molecule has 0 bridgehead atoms. The van der Waals surface area contributed by atoms with Gasteiger partial charge in [-0.05, 0) is 58.7 Å². The summed E-state index contributed by atoms with van der Waals surface area (Å²) in [6, 6.07) is 3.36. The second kappa shape index (κ2) is 7.86. The molecule has 0 spiro atoms. The predicted octanol–water partition coefficient (Wildman–Crippen LogP) is 4.60. The molecular weight excluding hydrogens is 414 g/mol. The Morgan fingerprint density at radius 1 is 1.00 bits per heavy atom. The van der Waals surface area contributed by atoms with Gasteiger partial charge in [0.15, 0.2) is 17.3 Å². The molecule has 31 heavy (non-hydrogen) atoms. The maximum atomic E-state index is 13.1. The molecule has 0 saturated heterocycles. The highest BCUT2D eigenvalue weighted by Crippen LogP contribution is 2.43. The number of nitrogens with zero attached hydrogens (tertiary/aromatic N) is 1. The molecule has 166 valence electrons. The Morgan fingerprint density at radius 2 is 1.58 bits per heavy atom. The zero-order chi connectivity index (χ0) is 23.3. The highest BCUT2D eigenvalue weighted by atomic mass is 32.1. The van der Waals surface area contributed by atoms with Crippen LogP contribution < -0.4 is 4.87 Å². The van der Waals surface area contributed by atoms with Gasteiger partial charge in [0.05, 0.1) is 21.0 Å². The third kappa shape index (κ3) is 3.49. The van der Waals surface area contributed by atoms with Gasteiger partial charge >= 0.3 is 4.87 Å². The van der Waals surface area contributed by atoms with Crippen LogP contribution >= 0.6 is 11.3 Å². The summed E-state index contributed by atoms with van der Waals surface area (Å²) in [6.45, 7) is 10.4. The minimum atomic E-state index is -1.41. The molecule has 7 heteroatoms. The highest BCUT2D eigenvalue weighted by molar-refractivity contribution is 7.16. The van der Waals surface area contributed by atoms with E-state index >= 15 is 0 Å². The van der Waals surface area contributed by atoms with Gasteiger partial charge in [0.2, 0.25) is 0 Å². The van der Waals surface area contributed by atoms with Gasteiger partial charge in [0.1, 0.15) is 11.3 Å². The lowest BCUT2D eigenvalue weighted by atomic mass is 9.60. The number of benzene rings is 1. The number of rotatable bonds is 5. The monoisotopic (exact) mass is 443 g/mol. The average Bonchev–Trinajstić information content (AvgIpc) is 3.02. The molecule has 0 amide bonds. The van der Waals surface area contributed by atoms with Crippen molar-refractivity contribution in [3.63, 3.8) is 0 Å². The van der Waals surface area contributed by atoms with Gasteiger partial charge in [0.25, 0.3) is 0 Å². The van der Waals surface area contributed by atoms with Crippen molar-refractivity contribution in [2.75, 3.05) is 0 Å². The van der Waals surface area contributed by atoms with Crippen LogP contribution in [0.1, 0.15) is 65.0 Å². The fraction of sp³-hybridized carbons (Fsp3) is 0.500. The summed E-state index contributed by atoms with van der Waals surface area (Å²) in [4.78, 5) is 51.3. The first kappa shape index (κ1) is 23.1. The number of ketones is 3. The van der Waals surface area contributed by atoms with Gasteiger partial charge in [-0.15, -0.1) is 0 Å². The molecule has 1 aliphatic rings. The molecule has 0 aliphatic heterocycles. The number of aryl methyl sites for hydroxylation is 2. The van der Waals surface area contributed by atoms with E-state index in [0.717, 1.165) is 35.3 Å². The van der Waals surface area contributed by atoms with Gasteiger partial charge in [-0.1, -0.05) is 31.1 Å². The van der Waals surface area contributed by atoms with Gasteiger partial charge in [-0.25, -0.2) is 0 Å². The van der Waals surface area contributed by atoms with Crippen molar-refractivity contribution < 1.29 is 19.5 Å². The third-order valence-electron chi connectivity index (χ3n) is 6.28. The molecular formula is C24H29NO5S. The van der Waals surface area contributed by atoms with Crippen LogP contribution in [-0.2, 0) is 20.9 Å². The summed E-state index contributed by atoms with van der Waals surface area (Å²) >= 11 is 1.14. The maximum absolute atomic E-state index is 13.1. The molecule has 1 aliphatic carbocycles. The summed E-state index contributed by atoms with van der Waals surface area (Å²) in [5.41, 5.74) is -1.50. The summed E-state index contributed by atoms with van der Waals surface area (Å²) in [6.07, 6.45) is 2.89. The van der Waals surface area contributed by atoms with E-state index in [1.165, 1.54) is 27.7 Å². The van der Waals surface area contributed by atoms with Crippen molar-refractivity contribution in [2.45, 2.75) is 67.3 Å². The number of thiazole rings is 1. The second-order valence-electron chi connectivity index (χ2n) is 9.27. The van der Waals surface area contributed by atoms with Crippen molar-refractivity contribution in [3.05, 3.63) is 38.5 Å². The molecule has 3 rings (SSSR count). The smallest absolute Gasteiger partial charge is 0.308 e. The Hall–Kier alpha value is -2.54. The number of hydrogen-bond donors (Lipinski definition) is 1. The minimum Gasteiger partial charge on any atom is -0.506 e. The molecule has 6 nitrogen and oxygen atoms in total. The Bertz CT molecular complexity index is 1160. The number of hydrogen-bond acceptors (Lipinski definition) is 6. The van der Waals surface area contributed by atoms with Crippen LogP contribution in [0.15, 0.2) is 22.5 Å². The molecule has 1 aromatic carbocycles. The lowest BCUT2D eigenvalue weighted by molar-refractivity contribution is -0.151. The first-order valence-corrected chi connectivity index (χ1v) is 11.4. The number of allylic oxidation sites excluding steroid dienone is 1. The van der Waals surface area contributed by atoms with Crippen molar-refractivity contribution in [1.82, 2.24) is 4.57 Å². The van der Waals surface area contributed by atoms with E-state index in [9.17, 15) is 24.3 Å². The second-order valence-corrected chi connectivity index (χ2v) is 10.3. The number of fused-ring (bicyclic) bond motifs is 1. The van der Waals surface area contributed by atoms with E-state index in [2.05, 4.69) is 6.92 Å². The highest BCUT2D eigenvalue weighted by Gasteiger charge is 2.56. The zero-order valence-electron chi connectivity index (χ0n) is 18.9. The minimum absolute atomic E-state index is 0.0730. The standard InChI is InChI=1S/C24H29NO5S/c1-7-8-9-12-25-17-13(2)14(10-11-15(17)31-22(25)30)18(26)16-19(27)23(3,4)21(29)24(5,6)20(16)28/h10-11,26H,7-9,12H2,1-6H3. The average molecular weight is 444 g/mol. The van der Waals surface area contributed by atoms with Crippen LogP contribution in [0.3, 0.4) is 0 Å². The number of carbonyl (C=O) groups is 3. The first-order chi connectivity index (χ1) is 14.4. The zero-order valence-corrected chi connectivity index (χ0v) is 19.7. The van der Waals surface area contributed by atoms with E-state index < -0.39 is 33.9 Å². The number of aromatic nitrogens is 1. The van der Waals surface area contributed by atoms with Crippen LogP contribution in [0.2, 0.25) is 0 Å². The summed E-state index contributed by atoms with van der Waals surface area (Å²) in [5.74, 6) is -2.24. The van der Waals surface area contributed by atoms with E-state index in [1.807, 2.05) is 0 Å². The quantitative estimate of drug-likeness (QED) is 0.240. The number of unbranched alkanes of at least 4 members (excludes halogenated alkanes) is 2. The SMILES string of the molecule is CCCCCn1c(=O)sc2ccc(C(O)=C3C(=O)C(C)(C)C(=O)C(C)(C)C3=O)c(C)c21. The van der Waals surface area contributed by atoms with E-state index in [4.69, 9.17) is 0 Å². The molecule has 2 aromatic rings. The first-order valence-electron chi connectivity index (χ1n) is 10.6. The van der Waals surface area contributed by atoms with Gasteiger partial charge in [-0.2, -0.15) is 0 Å². The van der Waals surface area contributed by atoms with Crippen molar-refractivity contribution in [1.29, 1.82) is 0 Å². The fourth-order valence-corrected chi connectivity index (χ4v) is 5.36. The number of aliphatic hydroxyl groups excluding tert-OH is 1. The van der Waals surface area contributed by atoms with Crippen molar-refractivity contribution in [2.24, 2.45) is 10.8 Å². The Labute approximate surface area is 185 Å². The van der Waals surface area contributed by atoms with Crippen LogP contribution in [0.4, 0.5) is 0 Å². The van der Waals surface area contributed by atoms with E-state index in [1.54, 1.807) is 23.6 Å². The third-order valence-corrected chi connectivity index (χ3v) is 7.23. The van der Waals surface area contributed by atoms with Gasteiger partial charge in [-0.3, -0.25) is 23.7 Å². The number of carbonyl (C=O) groups excluding carboxylic acids is 3. The van der Waals surface area contributed by atoms with Crippen LogP contribution in [0.25, 0.3) is 16.0 Å². The molecule has 1 aromatic heterocycles. The van der Waals surface area contributed by atoms with Crippen LogP contribution in [0.5, 0.6) is 0 Å². The van der Waals surface area contributed by atoms with Crippen molar-refractivity contribution >= 4 is 44.7 Å². The summed E-state index contributed by atoms with van der Waals surface area (Å²) < 4.78 is 2.49. The van der Waals surface area contributed by atoms with Gasteiger partial charge in [0, 0.05) is 12.1 Å². The van der Waals surface area contributed by atoms with Crippen LogP contribution in [0, 0.1) is 17.8 Å². The summed E-state index contributed by atoms with van der Waals surface area (Å²) in [5, 5.41) is 11.1. The Kier molecular flexibility index (Phi) is 5.86. The fourth-order valence-electron chi connectivity index (χ4n) is 4.38. The Morgan fingerprint density at radius 3 is 2.13 bits per heavy atom. The molecule has 0 unspecified atom stereocenters. The van der Waals surface area contributed by atoms with Crippen LogP contribution in [-0.4, -0.2) is 27.0 Å². The molecule has 1 fully saturated rings. The molecule has 1 saturated carbocycles. The number of Topliss-reactive ketones (excluding diaryl/α,β-unsaturated/α-hetero) is 3. The molecule has 1 heterocycles. The molecule has 1 N–H and O–H groups in total. The summed E-state index contributed by atoms with van der Waals surface area (Å²) in [7, 11) is 0. The lowest BCUT2D eigenvalue weighted by Gasteiger charge is -2.37. The van der Waals surface area contributed by atoms with Crippen molar-refractivity contribution in [3.8, 4) is 0 Å².